The van der Waals surface area contributed by atoms with Gasteiger partial charge in [-0.05, 0) is 69.4 Å². The first-order valence-corrected chi connectivity index (χ1v) is 9.80. The van der Waals surface area contributed by atoms with E-state index in [9.17, 15) is 4.79 Å². The molecule has 2 unspecified atom stereocenters. The van der Waals surface area contributed by atoms with Crippen LogP contribution in [0.2, 0.25) is 0 Å². The van der Waals surface area contributed by atoms with Gasteiger partial charge in [0, 0.05) is 19.2 Å². The molecule has 3 heteroatoms. The van der Waals surface area contributed by atoms with Crippen LogP contribution in [-0.4, -0.2) is 18.0 Å². The molecule has 1 aliphatic rings. The molecule has 1 fully saturated rings. The molecule has 140 valence electrons. The zero-order chi connectivity index (χ0) is 18.7. The Morgan fingerprint density at radius 2 is 1.72 bits per heavy atom. The van der Waals surface area contributed by atoms with E-state index >= 15 is 0 Å². The number of allylic oxidation sites excluding steroid dienone is 4. The summed E-state index contributed by atoms with van der Waals surface area (Å²) in [6.07, 6.45) is 15.2. The highest BCUT2D eigenvalue weighted by atomic mass is 16.1. The summed E-state index contributed by atoms with van der Waals surface area (Å²) in [7, 11) is 0. The second-order valence-electron chi connectivity index (χ2n) is 7.37. The normalized spacial score (nSPS) is 25.7. The van der Waals surface area contributed by atoms with Gasteiger partial charge in [-0.3, -0.25) is 4.79 Å². The average Bonchev–Trinajstić information content (AvgIpc) is 2.56. The maximum absolute atomic E-state index is 12.0. The molecule has 1 rings (SSSR count). The van der Waals surface area contributed by atoms with Gasteiger partial charge in [-0.25, -0.2) is 4.99 Å². The quantitative estimate of drug-likeness (QED) is 0.343. The second-order valence-corrected chi connectivity index (χ2v) is 7.37. The van der Waals surface area contributed by atoms with Crippen molar-refractivity contribution in [2.45, 2.75) is 66.7 Å². The van der Waals surface area contributed by atoms with Gasteiger partial charge in [-0.2, -0.15) is 0 Å². The number of rotatable bonds is 9. The van der Waals surface area contributed by atoms with Gasteiger partial charge < -0.3 is 5.32 Å². The van der Waals surface area contributed by atoms with Crippen molar-refractivity contribution in [2.24, 2.45) is 22.7 Å². The summed E-state index contributed by atoms with van der Waals surface area (Å²) < 4.78 is 0. The van der Waals surface area contributed by atoms with Crippen LogP contribution in [0.1, 0.15) is 66.7 Å². The standard InChI is InChI=1S/C22H36N2O/c1-6-9-20(24-21(10-7-2)22(25)8-3)16-23-12-11-19-14-17(4)13-18(5)15-19/h6-7,9-10,16-19,23H,8,11-15H2,1-5H3/b9-6-,10-7-,20-16+,24-21+. The molecule has 0 saturated heterocycles. The van der Waals surface area contributed by atoms with Crippen molar-refractivity contribution in [1.82, 2.24) is 5.32 Å². The molecule has 0 aliphatic heterocycles. The lowest BCUT2D eigenvalue weighted by Crippen LogP contribution is -2.22. The van der Waals surface area contributed by atoms with E-state index in [4.69, 9.17) is 0 Å². The van der Waals surface area contributed by atoms with Crippen molar-refractivity contribution < 1.29 is 4.79 Å². The van der Waals surface area contributed by atoms with Crippen molar-refractivity contribution >= 4 is 11.5 Å². The largest absolute Gasteiger partial charge is 0.389 e. The van der Waals surface area contributed by atoms with Crippen molar-refractivity contribution in [1.29, 1.82) is 0 Å². The molecule has 0 aromatic carbocycles. The predicted molar refractivity (Wildman–Crippen MR) is 109 cm³/mol. The van der Waals surface area contributed by atoms with Gasteiger partial charge in [0.1, 0.15) is 5.71 Å². The third-order valence-electron chi connectivity index (χ3n) is 4.74. The Labute approximate surface area is 154 Å². The SMILES string of the molecule is C\C=C/C(=C\NCCC1CC(C)CC(C)C1)/N=C(\C=C/C)C(=O)CC. The number of Topliss-reactive ketones (excluding diaryl/α,β-unsaturated/α-hetero) is 1. The molecule has 2 atom stereocenters. The van der Waals surface area contributed by atoms with Gasteiger partial charge in [0.05, 0.1) is 5.70 Å². The predicted octanol–water partition coefficient (Wildman–Crippen LogP) is 5.45. The first-order chi connectivity index (χ1) is 12.0. The van der Waals surface area contributed by atoms with Gasteiger partial charge >= 0.3 is 0 Å². The van der Waals surface area contributed by atoms with E-state index in [1.165, 1.54) is 25.7 Å². The number of carbonyl (C=O) groups excluding carboxylic acids is 1. The molecule has 25 heavy (non-hydrogen) atoms. The van der Waals surface area contributed by atoms with Gasteiger partial charge in [0.15, 0.2) is 5.78 Å². The van der Waals surface area contributed by atoms with E-state index in [2.05, 4.69) is 24.2 Å². The fourth-order valence-corrected chi connectivity index (χ4v) is 3.77. The van der Waals surface area contributed by atoms with Crippen molar-refractivity contribution in [3.8, 4) is 0 Å². The molecule has 0 amide bonds. The summed E-state index contributed by atoms with van der Waals surface area (Å²) in [6, 6.07) is 0. The Morgan fingerprint density at radius 1 is 1.08 bits per heavy atom. The fourth-order valence-electron chi connectivity index (χ4n) is 3.77. The number of hydrogen-bond acceptors (Lipinski definition) is 3. The number of hydrogen-bond donors (Lipinski definition) is 1. The minimum absolute atomic E-state index is 0.0682. The van der Waals surface area contributed by atoms with Crippen LogP contribution in [0.4, 0.5) is 0 Å². The smallest absolute Gasteiger partial charge is 0.180 e. The summed E-state index contributed by atoms with van der Waals surface area (Å²) in [5.74, 6) is 2.61. The van der Waals surface area contributed by atoms with Crippen molar-refractivity contribution in [3.05, 3.63) is 36.2 Å². The van der Waals surface area contributed by atoms with Crippen LogP contribution in [0.3, 0.4) is 0 Å². The lowest BCUT2D eigenvalue weighted by molar-refractivity contribution is -0.112. The fraction of sp³-hybridized carbons (Fsp3) is 0.636. The minimum atomic E-state index is 0.0682. The topological polar surface area (TPSA) is 41.5 Å². The third kappa shape index (κ3) is 8.33. The van der Waals surface area contributed by atoms with Crippen LogP contribution < -0.4 is 5.32 Å². The van der Waals surface area contributed by atoms with Crippen molar-refractivity contribution in [3.63, 3.8) is 0 Å². The van der Waals surface area contributed by atoms with Crippen LogP contribution in [0.5, 0.6) is 0 Å². The molecule has 3 nitrogen and oxygen atoms in total. The Bertz CT molecular complexity index is 518. The summed E-state index contributed by atoms with van der Waals surface area (Å²) >= 11 is 0. The van der Waals surface area contributed by atoms with Crippen LogP contribution in [0, 0.1) is 17.8 Å². The van der Waals surface area contributed by atoms with Gasteiger partial charge in [-0.15, -0.1) is 0 Å². The number of ketones is 1. The lowest BCUT2D eigenvalue weighted by atomic mass is 9.75. The van der Waals surface area contributed by atoms with E-state index < -0.39 is 0 Å². The molecule has 0 aromatic heterocycles. The van der Waals surface area contributed by atoms with Gasteiger partial charge in [0.2, 0.25) is 0 Å². The van der Waals surface area contributed by atoms with E-state index in [1.807, 2.05) is 45.2 Å². The minimum Gasteiger partial charge on any atom is -0.389 e. The molecule has 0 heterocycles. The van der Waals surface area contributed by atoms with E-state index in [0.29, 0.717) is 12.1 Å². The monoisotopic (exact) mass is 344 g/mol. The van der Waals surface area contributed by atoms with Crippen LogP contribution in [0.15, 0.2) is 41.2 Å². The summed E-state index contributed by atoms with van der Waals surface area (Å²) in [5.41, 5.74) is 1.31. The molecular formula is C22H36N2O. The first-order valence-electron chi connectivity index (χ1n) is 9.80. The van der Waals surface area contributed by atoms with Crippen LogP contribution in [0.25, 0.3) is 0 Å². The highest BCUT2D eigenvalue weighted by Crippen LogP contribution is 2.34. The Hall–Kier alpha value is -1.64. The highest BCUT2D eigenvalue weighted by Gasteiger charge is 2.23. The molecule has 1 saturated carbocycles. The Balaban J connectivity index is 2.64. The second kappa shape index (κ2) is 11.8. The summed E-state index contributed by atoms with van der Waals surface area (Å²) in [6.45, 7) is 11.4. The molecular weight excluding hydrogens is 308 g/mol. The van der Waals surface area contributed by atoms with Crippen LogP contribution in [-0.2, 0) is 4.79 Å². The third-order valence-corrected chi connectivity index (χ3v) is 4.74. The first kappa shape index (κ1) is 21.4. The number of aliphatic imine (C=N–C) groups is 1. The maximum atomic E-state index is 12.0. The van der Waals surface area contributed by atoms with E-state index in [0.717, 1.165) is 30.0 Å². The summed E-state index contributed by atoms with van der Waals surface area (Å²) in [4.78, 5) is 16.5. The number of nitrogens with one attached hydrogen (secondary N) is 1. The molecule has 0 spiro atoms. The van der Waals surface area contributed by atoms with Crippen molar-refractivity contribution in [2.75, 3.05) is 6.54 Å². The van der Waals surface area contributed by atoms with Gasteiger partial charge in [-0.1, -0.05) is 32.9 Å². The van der Waals surface area contributed by atoms with E-state index in [1.54, 1.807) is 6.08 Å². The van der Waals surface area contributed by atoms with Crippen LogP contribution >= 0.6 is 0 Å². The Morgan fingerprint density at radius 3 is 2.28 bits per heavy atom. The molecule has 1 aliphatic carbocycles. The number of nitrogens with zero attached hydrogens (tertiary/aromatic N) is 1. The Kier molecular flexibility index (Phi) is 10.1. The molecule has 0 bridgehead atoms. The summed E-state index contributed by atoms with van der Waals surface area (Å²) in [5, 5.41) is 3.40. The zero-order valence-electron chi connectivity index (χ0n) is 16.7. The van der Waals surface area contributed by atoms with E-state index in [-0.39, 0.29) is 5.78 Å². The maximum Gasteiger partial charge on any atom is 0.180 e. The average molecular weight is 345 g/mol. The molecule has 0 aromatic rings. The highest BCUT2D eigenvalue weighted by molar-refractivity contribution is 6.44. The van der Waals surface area contributed by atoms with Gasteiger partial charge in [0.25, 0.3) is 0 Å². The number of carbonyl (C=O) groups is 1. The lowest BCUT2D eigenvalue weighted by Gasteiger charge is -2.31. The molecule has 0 radical (unpaired) electrons. The molecule has 1 N–H and O–H groups in total. The zero-order valence-corrected chi connectivity index (χ0v) is 16.7.